The van der Waals surface area contributed by atoms with E-state index in [4.69, 9.17) is 16.3 Å². The zero-order valence-corrected chi connectivity index (χ0v) is 14.5. The number of hydrogen-bond donors (Lipinski definition) is 1. The first-order valence-corrected chi connectivity index (χ1v) is 7.88. The quantitative estimate of drug-likeness (QED) is 0.805. The van der Waals surface area contributed by atoms with E-state index in [1.807, 2.05) is 30.1 Å². The highest BCUT2D eigenvalue weighted by Crippen LogP contribution is 2.17. The molecule has 1 saturated heterocycles. The lowest BCUT2D eigenvalue weighted by Gasteiger charge is -2.26. The van der Waals surface area contributed by atoms with Gasteiger partial charge >= 0.3 is 0 Å². The van der Waals surface area contributed by atoms with Crippen molar-refractivity contribution in [3.8, 4) is 5.75 Å². The van der Waals surface area contributed by atoms with Crippen LogP contribution < -0.4 is 10.1 Å². The number of halogens is 2. The van der Waals surface area contributed by atoms with Crippen LogP contribution in [0.3, 0.4) is 0 Å². The van der Waals surface area contributed by atoms with Gasteiger partial charge in [0.25, 0.3) is 0 Å². The molecule has 1 N–H and O–H groups in total. The highest BCUT2D eigenvalue weighted by atomic mass is 35.5. The van der Waals surface area contributed by atoms with E-state index in [0.717, 1.165) is 44.6 Å². The summed E-state index contributed by atoms with van der Waals surface area (Å²) in [4.78, 5) is 14.1. The van der Waals surface area contributed by atoms with Crippen LogP contribution in [-0.4, -0.2) is 44.1 Å². The van der Waals surface area contributed by atoms with Gasteiger partial charge in [0.1, 0.15) is 5.75 Å². The lowest BCUT2D eigenvalue weighted by molar-refractivity contribution is -0.135. The number of piperidine rings is 1. The van der Waals surface area contributed by atoms with Crippen LogP contribution in [-0.2, 0) is 4.79 Å². The molecule has 0 unspecified atom stereocenters. The predicted molar refractivity (Wildman–Crippen MR) is 92.0 cm³/mol. The number of nitrogens with one attached hydrogen (secondary N) is 1. The SMILES string of the molecule is CN(CCCOc1cccc(Cl)c1)C(=O)C1CCNCC1.Cl. The number of ether oxygens (including phenoxy) is 1. The molecule has 1 aliphatic rings. The fourth-order valence-electron chi connectivity index (χ4n) is 2.54. The molecular formula is C16H24Cl2N2O2. The van der Waals surface area contributed by atoms with Gasteiger partial charge in [-0.25, -0.2) is 0 Å². The van der Waals surface area contributed by atoms with Crippen LogP contribution in [0.1, 0.15) is 19.3 Å². The standard InChI is InChI=1S/C16H23ClN2O2.ClH/c1-19(16(20)13-6-8-18-9-7-13)10-3-11-21-15-5-2-4-14(17)12-15;/h2,4-5,12-13,18H,3,6-11H2,1H3;1H. The van der Waals surface area contributed by atoms with Crippen molar-refractivity contribution < 1.29 is 9.53 Å². The summed E-state index contributed by atoms with van der Waals surface area (Å²) in [6.45, 7) is 3.21. The van der Waals surface area contributed by atoms with Crippen molar-refractivity contribution in [2.75, 3.05) is 33.3 Å². The van der Waals surface area contributed by atoms with E-state index in [2.05, 4.69) is 5.32 Å². The Hall–Kier alpha value is -0.970. The molecule has 0 bridgehead atoms. The summed E-state index contributed by atoms with van der Waals surface area (Å²) < 4.78 is 5.63. The lowest BCUT2D eigenvalue weighted by atomic mass is 9.97. The smallest absolute Gasteiger partial charge is 0.225 e. The molecule has 1 heterocycles. The van der Waals surface area contributed by atoms with E-state index in [0.29, 0.717) is 11.6 Å². The molecule has 0 spiro atoms. The Balaban J connectivity index is 0.00000242. The Kier molecular flexibility index (Phi) is 8.61. The number of rotatable bonds is 6. The maximum atomic E-state index is 12.2. The summed E-state index contributed by atoms with van der Waals surface area (Å²) in [5.41, 5.74) is 0. The molecule has 0 aromatic heterocycles. The molecule has 0 saturated carbocycles. The van der Waals surface area contributed by atoms with Gasteiger partial charge in [0.15, 0.2) is 0 Å². The van der Waals surface area contributed by atoms with Gasteiger partial charge < -0.3 is 15.0 Å². The Morgan fingerprint density at radius 1 is 1.41 bits per heavy atom. The van der Waals surface area contributed by atoms with Gasteiger partial charge in [-0.2, -0.15) is 0 Å². The van der Waals surface area contributed by atoms with E-state index in [-0.39, 0.29) is 24.2 Å². The Morgan fingerprint density at radius 2 is 2.14 bits per heavy atom. The van der Waals surface area contributed by atoms with Gasteiger partial charge in [-0.1, -0.05) is 17.7 Å². The zero-order chi connectivity index (χ0) is 15.1. The maximum Gasteiger partial charge on any atom is 0.225 e. The van der Waals surface area contributed by atoms with Gasteiger partial charge in [-0.3, -0.25) is 4.79 Å². The minimum atomic E-state index is 0. The first-order chi connectivity index (χ1) is 10.2. The van der Waals surface area contributed by atoms with Crippen LogP contribution in [0.4, 0.5) is 0 Å². The van der Waals surface area contributed by atoms with Crippen LogP contribution in [0, 0.1) is 5.92 Å². The zero-order valence-electron chi connectivity index (χ0n) is 12.9. The Bertz CT molecular complexity index is 465. The van der Waals surface area contributed by atoms with Crippen LogP contribution in [0.5, 0.6) is 5.75 Å². The van der Waals surface area contributed by atoms with Crippen molar-refractivity contribution in [1.29, 1.82) is 0 Å². The van der Waals surface area contributed by atoms with Crippen LogP contribution in [0.25, 0.3) is 0 Å². The van der Waals surface area contributed by atoms with Crippen molar-refractivity contribution in [3.63, 3.8) is 0 Å². The predicted octanol–water partition coefficient (Wildman–Crippen LogP) is 2.99. The minimum absolute atomic E-state index is 0. The van der Waals surface area contributed by atoms with E-state index >= 15 is 0 Å². The van der Waals surface area contributed by atoms with Crippen LogP contribution in [0.15, 0.2) is 24.3 Å². The number of carbonyl (C=O) groups excluding carboxylic acids is 1. The first-order valence-electron chi connectivity index (χ1n) is 7.51. The summed E-state index contributed by atoms with van der Waals surface area (Å²) in [6.07, 6.45) is 2.71. The molecule has 0 aliphatic carbocycles. The third-order valence-corrected chi connectivity index (χ3v) is 4.00. The average Bonchev–Trinajstić information content (AvgIpc) is 2.51. The summed E-state index contributed by atoms with van der Waals surface area (Å²) in [5.74, 6) is 1.22. The number of amides is 1. The molecule has 2 rings (SSSR count). The van der Waals surface area contributed by atoms with Gasteiger partial charge in [-0.15, -0.1) is 12.4 Å². The van der Waals surface area contributed by atoms with Crippen molar-refractivity contribution in [1.82, 2.24) is 10.2 Å². The number of benzene rings is 1. The summed E-state index contributed by atoms with van der Waals surface area (Å²) in [5, 5.41) is 3.95. The topological polar surface area (TPSA) is 41.6 Å². The van der Waals surface area contributed by atoms with Crippen molar-refractivity contribution >= 4 is 29.9 Å². The Labute approximate surface area is 143 Å². The molecule has 4 nitrogen and oxygen atoms in total. The summed E-state index contributed by atoms with van der Waals surface area (Å²) in [6, 6.07) is 7.37. The number of carbonyl (C=O) groups is 1. The van der Waals surface area contributed by atoms with Crippen molar-refractivity contribution in [3.05, 3.63) is 29.3 Å². The molecule has 0 atom stereocenters. The molecule has 1 fully saturated rings. The minimum Gasteiger partial charge on any atom is -0.493 e. The molecule has 22 heavy (non-hydrogen) atoms. The Morgan fingerprint density at radius 3 is 2.82 bits per heavy atom. The largest absolute Gasteiger partial charge is 0.493 e. The van der Waals surface area contributed by atoms with Gasteiger partial charge in [-0.05, 0) is 50.6 Å². The fraction of sp³-hybridized carbons (Fsp3) is 0.562. The first kappa shape index (κ1) is 19.1. The number of hydrogen-bond acceptors (Lipinski definition) is 3. The lowest BCUT2D eigenvalue weighted by Crippen LogP contribution is -2.39. The second-order valence-electron chi connectivity index (χ2n) is 5.44. The molecule has 1 aromatic carbocycles. The molecule has 0 radical (unpaired) electrons. The molecule has 6 heteroatoms. The van der Waals surface area contributed by atoms with Crippen molar-refractivity contribution in [2.24, 2.45) is 5.92 Å². The molecule has 1 aromatic rings. The maximum absolute atomic E-state index is 12.2. The average molecular weight is 347 g/mol. The third kappa shape index (κ3) is 6.03. The highest BCUT2D eigenvalue weighted by molar-refractivity contribution is 6.30. The number of nitrogens with zero attached hydrogens (tertiary/aromatic N) is 1. The van der Waals surface area contributed by atoms with Gasteiger partial charge in [0.2, 0.25) is 5.91 Å². The van der Waals surface area contributed by atoms with Gasteiger partial charge in [0.05, 0.1) is 6.61 Å². The monoisotopic (exact) mass is 346 g/mol. The molecule has 124 valence electrons. The molecular weight excluding hydrogens is 323 g/mol. The van der Waals surface area contributed by atoms with E-state index in [1.165, 1.54) is 0 Å². The van der Waals surface area contributed by atoms with Crippen LogP contribution >= 0.6 is 24.0 Å². The normalized spacial score (nSPS) is 15.0. The van der Waals surface area contributed by atoms with Crippen LogP contribution in [0.2, 0.25) is 5.02 Å². The van der Waals surface area contributed by atoms with E-state index < -0.39 is 0 Å². The summed E-state index contributed by atoms with van der Waals surface area (Å²) >= 11 is 5.90. The second kappa shape index (κ2) is 9.93. The third-order valence-electron chi connectivity index (χ3n) is 3.77. The second-order valence-corrected chi connectivity index (χ2v) is 5.88. The van der Waals surface area contributed by atoms with Gasteiger partial charge in [0, 0.05) is 24.5 Å². The summed E-state index contributed by atoms with van der Waals surface area (Å²) in [7, 11) is 1.88. The van der Waals surface area contributed by atoms with Crippen molar-refractivity contribution in [2.45, 2.75) is 19.3 Å². The molecule has 1 amide bonds. The highest BCUT2D eigenvalue weighted by Gasteiger charge is 2.23. The van der Waals surface area contributed by atoms with E-state index in [1.54, 1.807) is 6.07 Å². The van der Waals surface area contributed by atoms with E-state index in [9.17, 15) is 4.79 Å². The fourth-order valence-corrected chi connectivity index (χ4v) is 2.72. The molecule has 1 aliphatic heterocycles.